The quantitative estimate of drug-likeness (QED) is 0.430. The molecular formula is C12H19N3O4S. The number of thiazole rings is 1. The fourth-order valence-corrected chi connectivity index (χ4v) is 2.01. The number of ether oxygens (including phenoxy) is 1. The van der Waals surface area contributed by atoms with Crippen molar-refractivity contribution in [1.82, 2.24) is 4.98 Å². The summed E-state index contributed by atoms with van der Waals surface area (Å²) in [6.07, 6.45) is 0.301. The molecule has 4 N–H and O–H groups in total. The number of hydrogen-bond acceptors (Lipinski definition) is 6. The molecule has 0 bridgehead atoms. The molecule has 0 aromatic carbocycles. The molecule has 0 aliphatic carbocycles. The molecule has 0 fully saturated rings. The van der Waals surface area contributed by atoms with E-state index in [0.717, 1.165) is 12.6 Å². The van der Waals surface area contributed by atoms with Crippen molar-refractivity contribution in [2.24, 2.45) is 5.73 Å². The van der Waals surface area contributed by atoms with E-state index in [4.69, 9.17) is 25.8 Å². The molecule has 0 saturated carbocycles. The van der Waals surface area contributed by atoms with Crippen LogP contribution in [-0.4, -0.2) is 34.5 Å². The summed E-state index contributed by atoms with van der Waals surface area (Å²) in [6, 6.07) is 0. The van der Waals surface area contributed by atoms with Gasteiger partial charge in [0.25, 0.3) is 5.97 Å². The Bertz CT molecular complexity index is 469. The van der Waals surface area contributed by atoms with Crippen LogP contribution in [0.4, 0.5) is 0 Å². The van der Waals surface area contributed by atoms with Crippen LogP contribution in [0.15, 0.2) is 5.38 Å². The lowest BCUT2D eigenvalue weighted by Crippen LogP contribution is -2.12. The second-order valence-electron chi connectivity index (χ2n) is 3.92. The normalized spacial score (nSPS) is 10.9. The topological polar surface area (TPSA) is 126 Å². The molecule has 1 aromatic heterocycles. The number of nitrogens with two attached hydrogens (primary N) is 1. The molecule has 1 rings (SSSR count). The molecule has 112 valence electrons. The minimum absolute atomic E-state index is 0.0107. The maximum Gasteiger partial charge on any atom is 0.306 e. The van der Waals surface area contributed by atoms with Gasteiger partial charge in [0.2, 0.25) is 0 Å². The van der Waals surface area contributed by atoms with Gasteiger partial charge in [-0.1, -0.05) is 6.92 Å². The molecule has 1 heterocycles. The minimum Gasteiger partial charge on any atom is -0.481 e. The van der Waals surface area contributed by atoms with Crippen LogP contribution in [0.5, 0.6) is 0 Å². The van der Waals surface area contributed by atoms with Crippen molar-refractivity contribution >= 4 is 29.1 Å². The lowest BCUT2D eigenvalue weighted by Gasteiger charge is -2.07. The summed E-state index contributed by atoms with van der Waals surface area (Å²) >= 11 is 1.31. The van der Waals surface area contributed by atoms with Crippen molar-refractivity contribution in [2.45, 2.75) is 33.1 Å². The van der Waals surface area contributed by atoms with Crippen LogP contribution < -0.4 is 5.73 Å². The van der Waals surface area contributed by atoms with Crippen LogP contribution in [0.3, 0.4) is 0 Å². The molecule has 0 amide bonds. The third-order valence-corrected chi connectivity index (χ3v) is 2.93. The number of rotatable bonds is 5. The van der Waals surface area contributed by atoms with Crippen LogP contribution in [0.1, 0.15) is 43.8 Å². The summed E-state index contributed by atoms with van der Waals surface area (Å²) in [4.78, 5) is 24.4. The average Bonchev–Trinajstić information content (AvgIpc) is 2.77. The Morgan fingerprint density at radius 2 is 2.15 bits per heavy atom. The Morgan fingerprint density at radius 3 is 2.55 bits per heavy atom. The molecule has 8 heteroatoms. The molecule has 0 spiro atoms. The van der Waals surface area contributed by atoms with E-state index in [1.807, 2.05) is 12.3 Å². The molecule has 0 saturated heterocycles. The van der Waals surface area contributed by atoms with Gasteiger partial charge in [-0.25, -0.2) is 4.98 Å². The van der Waals surface area contributed by atoms with Crippen molar-refractivity contribution in [1.29, 1.82) is 5.41 Å². The zero-order valence-electron chi connectivity index (χ0n) is 11.7. The summed E-state index contributed by atoms with van der Waals surface area (Å²) in [5, 5.41) is 17.0. The molecule has 0 aliphatic heterocycles. The van der Waals surface area contributed by atoms with E-state index in [0.29, 0.717) is 18.0 Å². The highest BCUT2D eigenvalue weighted by molar-refractivity contribution is 7.11. The number of nitrogens with one attached hydrogen (secondary N) is 1. The van der Waals surface area contributed by atoms with Gasteiger partial charge >= 0.3 is 5.97 Å². The Kier molecular flexibility index (Phi) is 8.14. The number of carboxylic acids is 1. The van der Waals surface area contributed by atoms with Crippen LogP contribution in [-0.2, 0) is 14.3 Å². The van der Waals surface area contributed by atoms with Gasteiger partial charge in [-0.2, -0.15) is 0 Å². The lowest BCUT2D eigenvalue weighted by molar-refractivity contribution is -0.143. The number of amidine groups is 1. The van der Waals surface area contributed by atoms with Gasteiger partial charge < -0.3 is 15.6 Å². The van der Waals surface area contributed by atoms with E-state index in [2.05, 4.69) is 4.98 Å². The molecular weight excluding hydrogens is 282 g/mol. The first-order chi connectivity index (χ1) is 9.27. The Hall–Kier alpha value is -1.96. The highest BCUT2D eigenvalue weighted by Crippen LogP contribution is 2.21. The van der Waals surface area contributed by atoms with E-state index >= 15 is 0 Å². The largest absolute Gasteiger partial charge is 0.481 e. The second kappa shape index (κ2) is 9.03. The second-order valence-corrected chi connectivity index (χ2v) is 4.78. The van der Waals surface area contributed by atoms with Gasteiger partial charge in [-0.05, 0) is 6.92 Å². The number of aliphatic carboxylic acids is 1. The Labute approximate surface area is 121 Å². The van der Waals surface area contributed by atoms with Gasteiger partial charge in [-0.3, -0.25) is 15.0 Å². The lowest BCUT2D eigenvalue weighted by atomic mass is 10.1. The van der Waals surface area contributed by atoms with Gasteiger partial charge in [-0.15, -0.1) is 11.3 Å². The number of carbonyl (C=O) groups excluding carboxylic acids is 1. The van der Waals surface area contributed by atoms with Crippen molar-refractivity contribution < 1.29 is 19.4 Å². The summed E-state index contributed by atoms with van der Waals surface area (Å²) in [7, 11) is 0. The van der Waals surface area contributed by atoms with Gasteiger partial charge in [0, 0.05) is 18.2 Å². The minimum atomic E-state index is -0.833. The van der Waals surface area contributed by atoms with Crippen LogP contribution >= 0.6 is 11.3 Å². The molecule has 1 unspecified atom stereocenters. The smallest absolute Gasteiger partial charge is 0.306 e. The average molecular weight is 301 g/mol. The molecule has 1 atom stereocenters. The fraction of sp³-hybridized carbons (Fsp3) is 0.500. The number of nitrogens with zero attached hydrogens (tertiary/aromatic N) is 1. The third kappa shape index (κ3) is 7.47. The van der Waals surface area contributed by atoms with E-state index in [9.17, 15) is 4.79 Å². The fourth-order valence-electron chi connectivity index (χ4n) is 1.21. The van der Waals surface area contributed by atoms with Crippen molar-refractivity contribution in [2.75, 3.05) is 6.61 Å². The van der Waals surface area contributed by atoms with Crippen molar-refractivity contribution in [3.8, 4) is 0 Å². The first-order valence-electron chi connectivity index (χ1n) is 5.92. The van der Waals surface area contributed by atoms with Crippen molar-refractivity contribution in [3.63, 3.8) is 0 Å². The zero-order valence-corrected chi connectivity index (χ0v) is 12.5. The highest BCUT2D eigenvalue weighted by Gasteiger charge is 2.15. The number of carboxylic acid groups (broad SMARTS) is 1. The third-order valence-electron chi connectivity index (χ3n) is 2.04. The molecule has 0 aliphatic rings. The summed E-state index contributed by atoms with van der Waals surface area (Å²) in [5.41, 5.74) is 6.10. The maximum absolute atomic E-state index is 11.3. The van der Waals surface area contributed by atoms with Crippen LogP contribution in [0.25, 0.3) is 0 Å². The van der Waals surface area contributed by atoms with E-state index in [1.54, 1.807) is 6.92 Å². The molecule has 20 heavy (non-hydrogen) atoms. The maximum atomic E-state index is 11.3. The van der Waals surface area contributed by atoms with E-state index < -0.39 is 5.97 Å². The van der Waals surface area contributed by atoms with Crippen LogP contribution in [0.2, 0.25) is 0 Å². The predicted octanol–water partition coefficient (Wildman–Crippen LogP) is 1.57. The number of esters is 1. The predicted molar refractivity (Wildman–Crippen MR) is 76.1 cm³/mol. The van der Waals surface area contributed by atoms with Gasteiger partial charge in [0.1, 0.15) is 0 Å². The molecule has 7 nitrogen and oxygen atoms in total. The SMILES string of the molecule is CC(=O)O.CCOC(=O)CC(C)c1csc(C(=N)N)n1. The molecule has 0 radical (unpaired) electrons. The Balaban J connectivity index is 0.000000796. The number of hydrogen-bond donors (Lipinski definition) is 3. The number of carbonyl (C=O) groups is 2. The zero-order chi connectivity index (χ0) is 15.7. The summed E-state index contributed by atoms with van der Waals surface area (Å²) < 4.78 is 4.86. The van der Waals surface area contributed by atoms with E-state index in [-0.39, 0.29) is 17.7 Å². The summed E-state index contributed by atoms with van der Waals surface area (Å²) in [5.74, 6) is -1.12. The Morgan fingerprint density at radius 1 is 1.60 bits per heavy atom. The van der Waals surface area contributed by atoms with E-state index in [1.165, 1.54) is 11.3 Å². The first kappa shape index (κ1) is 18.0. The van der Waals surface area contributed by atoms with Crippen LogP contribution in [0, 0.1) is 5.41 Å². The summed E-state index contributed by atoms with van der Waals surface area (Å²) in [6.45, 7) is 5.15. The van der Waals surface area contributed by atoms with Crippen molar-refractivity contribution in [3.05, 3.63) is 16.1 Å². The molecule has 1 aromatic rings. The number of nitrogen functional groups attached to an aromatic ring is 1. The number of aromatic nitrogens is 1. The van der Waals surface area contributed by atoms with Gasteiger partial charge in [0.15, 0.2) is 10.8 Å². The monoisotopic (exact) mass is 301 g/mol. The first-order valence-corrected chi connectivity index (χ1v) is 6.80. The van der Waals surface area contributed by atoms with Gasteiger partial charge in [0.05, 0.1) is 18.7 Å². The highest BCUT2D eigenvalue weighted by atomic mass is 32.1. The standard InChI is InChI=1S/C10H15N3O2S.C2H4O2/c1-3-15-8(14)4-6(2)7-5-16-10(13-7)9(11)12;1-2(3)4/h5-6H,3-4H2,1-2H3,(H3,11,12);1H3,(H,3,4).